The molecule has 0 amide bonds. The Morgan fingerprint density at radius 3 is 2.71 bits per heavy atom. The van der Waals surface area contributed by atoms with Gasteiger partial charge in [0.2, 0.25) is 0 Å². The molecule has 0 aliphatic rings. The number of nitrogens with zero attached hydrogens (tertiary/aromatic N) is 1. The lowest BCUT2D eigenvalue weighted by Crippen LogP contribution is -2.06. The summed E-state index contributed by atoms with van der Waals surface area (Å²) in [5.41, 5.74) is 6.43. The van der Waals surface area contributed by atoms with E-state index in [1.165, 1.54) is 7.11 Å². The lowest BCUT2D eigenvalue weighted by Gasteiger charge is -1.99. The van der Waals surface area contributed by atoms with Crippen LogP contribution in [0.25, 0.3) is 0 Å². The largest absolute Gasteiger partial charge is 0.514 e. The molecule has 0 saturated carbocycles. The Bertz CT molecular complexity index is 405. The van der Waals surface area contributed by atoms with Crippen LogP contribution in [0.15, 0.2) is 0 Å². The summed E-state index contributed by atoms with van der Waals surface area (Å²) in [5.74, 6) is 0. The number of nitriles is 1. The average Bonchev–Trinajstić information content (AvgIpc) is 2.42. The highest BCUT2D eigenvalue weighted by Gasteiger charge is 2.16. The van der Waals surface area contributed by atoms with Gasteiger partial charge in [0, 0.05) is 5.56 Å². The number of hydrogen-bond donors (Lipinski definition) is 1. The number of carbonyl (C=O) groups is 1. The number of nitrogen functional groups attached to an aromatic ring is 1. The van der Waals surface area contributed by atoms with E-state index in [0.29, 0.717) is 21.2 Å². The van der Waals surface area contributed by atoms with Gasteiger partial charge in [0.05, 0.1) is 12.7 Å². The number of anilines is 1. The van der Waals surface area contributed by atoms with Crippen molar-refractivity contribution in [3.05, 3.63) is 11.1 Å². The van der Waals surface area contributed by atoms with Crippen LogP contribution in [0.3, 0.4) is 0 Å². The van der Waals surface area contributed by atoms with Crippen molar-refractivity contribution in [3.63, 3.8) is 0 Å². The lowest BCUT2D eigenvalue weighted by atomic mass is 10.2. The molecule has 1 aromatic rings. The number of hydrogen-bond acceptors (Lipinski definition) is 6. The van der Waals surface area contributed by atoms with E-state index in [4.69, 9.17) is 15.7 Å². The molecule has 6 heteroatoms. The van der Waals surface area contributed by atoms with Gasteiger partial charge in [0.25, 0.3) is 0 Å². The van der Waals surface area contributed by atoms with Crippen molar-refractivity contribution in [3.8, 4) is 11.1 Å². The molecule has 0 unspecified atom stereocenters. The minimum Gasteiger partial charge on any atom is -0.437 e. The molecule has 1 aromatic heterocycles. The first-order chi connectivity index (χ1) is 6.60. The van der Waals surface area contributed by atoms with Crippen molar-refractivity contribution in [2.75, 3.05) is 12.8 Å². The minimum atomic E-state index is -0.821. The second-order valence-electron chi connectivity index (χ2n) is 2.42. The highest BCUT2D eigenvalue weighted by Crippen LogP contribution is 2.36. The lowest BCUT2D eigenvalue weighted by molar-refractivity contribution is 0.122. The van der Waals surface area contributed by atoms with Crippen LogP contribution in [0.4, 0.5) is 9.80 Å². The monoisotopic (exact) mass is 212 g/mol. The van der Waals surface area contributed by atoms with Crippen LogP contribution in [0.1, 0.15) is 11.1 Å². The van der Waals surface area contributed by atoms with Crippen LogP contribution >= 0.6 is 11.3 Å². The Morgan fingerprint density at radius 1 is 1.64 bits per heavy atom. The van der Waals surface area contributed by atoms with Crippen molar-refractivity contribution in [1.82, 2.24) is 0 Å². The van der Waals surface area contributed by atoms with Crippen molar-refractivity contribution in [2.24, 2.45) is 0 Å². The topological polar surface area (TPSA) is 85.3 Å². The van der Waals surface area contributed by atoms with E-state index >= 15 is 0 Å². The van der Waals surface area contributed by atoms with Gasteiger partial charge in [-0.2, -0.15) is 5.26 Å². The van der Waals surface area contributed by atoms with Crippen LogP contribution in [0.5, 0.6) is 5.06 Å². The molecule has 0 saturated heterocycles. The van der Waals surface area contributed by atoms with E-state index in [1.54, 1.807) is 6.92 Å². The summed E-state index contributed by atoms with van der Waals surface area (Å²) in [4.78, 5) is 10.8. The van der Waals surface area contributed by atoms with Gasteiger partial charge in [0.15, 0.2) is 5.06 Å². The Labute approximate surface area is 84.7 Å². The van der Waals surface area contributed by atoms with Gasteiger partial charge in [-0.25, -0.2) is 4.79 Å². The van der Waals surface area contributed by atoms with Gasteiger partial charge in [-0.1, -0.05) is 11.3 Å². The van der Waals surface area contributed by atoms with Gasteiger partial charge < -0.3 is 15.2 Å². The SMILES string of the molecule is COC(=O)Oc1sc(N)c(C#N)c1C. The Morgan fingerprint density at radius 2 is 2.29 bits per heavy atom. The van der Waals surface area contributed by atoms with E-state index in [-0.39, 0.29) is 0 Å². The molecule has 0 spiro atoms. The maximum Gasteiger partial charge on any atom is 0.514 e. The number of rotatable bonds is 1. The molecule has 2 N–H and O–H groups in total. The first-order valence-corrected chi connectivity index (χ1v) is 4.46. The normalized spacial score (nSPS) is 9.21. The summed E-state index contributed by atoms with van der Waals surface area (Å²) < 4.78 is 9.10. The van der Waals surface area contributed by atoms with Crippen molar-refractivity contribution in [1.29, 1.82) is 5.26 Å². The van der Waals surface area contributed by atoms with E-state index in [1.807, 2.05) is 6.07 Å². The second-order valence-corrected chi connectivity index (χ2v) is 3.44. The molecule has 0 atom stereocenters. The van der Waals surface area contributed by atoms with Crippen LogP contribution in [-0.2, 0) is 4.74 Å². The third kappa shape index (κ3) is 1.78. The summed E-state index contributed by atoms with van der Waals surface area (Å²) >= 11 is 1.04. The maximum atomic E-state index is 10.8. The van der Waals surface area contributed by atoms with Gasteiger partial charge in [-0.15, -0.1) is 0 Å². The number of methoxy groups -OCH3 is 1. The molecule has 0 aliphatic carbocycles. The maximum absolute atomic E-state index is 10.8. The Balaban J connectivity index is 3.01. The van der Waals surface area contributed by atoms with Crippen molar-refractivity contribution < 1.29 is 14.3 Å². The Kier molecular flexibility index (Phi) is 2.94. The fourth-order valence-electron chi connectivity index (χ4n) is 0.868. The van der Waals surface area contributed by atoms with Crippen molar-refractivity contribution in [2.45, 2.75) is 6.92 Å². The molecular formula is C8H8N2O3S. The Hall–Kier alpha value is -1.74. The van der Waals surface area contributed by atoms with E-state index in [9.17, 15) is 4.79 Å². The molecule has 0 bridgehead atoms. The second kappa shape index (κ2) is 3.98. The number of thiophene rings is 1. The summed E-state index contributed by atoms with van der Waals surface area (Å²) in [7, 11) is 1.21. The molecule has 0 aliphatic heterocycles. The minimum absolute atomic E-state index is 0.297. The van der Waals surface area contributed by atoms with Gasteiger partial charge in [-0.3, -0.25) is 0 Å². The van der Waals surface area contributed by atoms with Gasteiger partial charge in [-0.05, 0) is 6.92 Å². The predicted octanol–water partition coefficient (Wildman–Crippen LogP) is 1.66. The average molecular weight is 212 g/mol. The number of ether oxygens (including phenoxy) is 2. The predicted molar refractivity (Wildman–Crippen MR) is 51.2 cm³/mol. The molecule has 0 radical (unpaired) electrons. The highest BCUT2D eigenvalue weighted by molar-refractivity contribution is 7.18. The molecule has 74 valence electrons. The standard InChI is InChI=1S/C8H8N2O3S/c1-4-5(3-9)6(10)14-7(4)13-8(11)12-2/h10H2,1-2H3. The van der Waals surface area contributed by atoms with Crippen LogP contribution in [0, 0.1) is 18.3 Å². The molecule has 0 aromatic carbocycles. The van der Waals surface area contributed by atoms with Crippen LogP contribution in [0.2, 0.25) is 0 Å². The fourth-order valence-corrected chi connectivity index (χ4v) is 1.73. The zero-order valence-electron chi connectivity index (χ0n) is 7.66. The zero-order valence-corrected chi connectivity index (χ0v) is 8.47. The fraction of sp³-hybridized carbons (Fsp3) is 0.250. The third-order valence-corrected chi connectivity index (χ3v) is 2.58. The van der Waals surface area contributed by atoms with E-state index < -0.39 is 6.16 Å². The van der Waals surface area contributed by atoms with Crippen LogP contribution in [-0.4, -0.2) is 13.3 Å². The molecule has 0 fully saturated rings. The third-order valence-electron chi connectivity index (χ3n) is 1.58. The first-order valence-electron chi connectivity index (χ1n) is 3.65. The number of carbonyl (C=O) groups excluding carboxylic acids is 1. The quantitative estimate of drug-likeness (QED) is 0.715. The van der Waals surface area contributed by atoms with Gasteiger partial charge >= 0.3 is 6.16 Å². The number of nitrogens with two attached hydrogens (primary N) is 1. The van der Waals surface area contributed by atoms with Gasteiger partial charge in [0.1, 0.15) is 11.1 Å². The zero-order chi connectivity index (χ0) is 10.7. The molecular weight excluding hydrogens is 204 g/mol. The highest BCUT2D eigenvalue weighted by atomic mass is 32.1. The van der Waals surface area contributed by atoms with E-state index in [2.05, 4.69) is 4.74 Å². The smallest absolute Gasteiger partial charge is 0.437 e. The first kappa shape index (κ1) is 10.3. The molecule has 1 rings (SSSR count). The van der Waals surface area contributed by atoms with Crippen molar-refractivity contribution >= 4 is 22.5 Å². The molecule has 5 nitrogen and oxygen atoms in total. The molecule has 14 heavy (non-hydrogen) atoms. The van der Waals surface area contributed by atoms with E-state index in [0.717, 1.165) is 11.3 Å². The van der Waals surface area contributed by atoms with Crippen LogP contribution < -0.4 is 10.5 Å². The summed E-state index contributed by atoms with van der Waals surface area (Å²) in [6.45, 7) is 1.66. The summed E-state index contributed by atoms with van der Waals surface area (Å²) in [6.07, 6.45) is -0.821. The molecule has 1 heterocycles. The summed E-state index contributed by atoms with van der Waals surface area (Å²) in [5, 5.41) is 9.34. The summed E-state index contributed by atoms with van der Waals surface area (Å²) in [6, 6.07) is 1.93.